The quantitative estimate of drug-likeness (QED) is 0.781. The van der Waals surface area contributed by atoms with Crippen molar-refractivity contribution in [2.75, 3.05) is 13.2 Å². The number of rotatable bonds is 4. The summed E-state index contributed by atoms with van der Waals surface area (Å²) >= 11 is 0. The molecule has 148 valence electrons. The third kappa shape index (κ3) is 3.49. The highest BCUT2D eigenvalue weighted by atomic mass is 16.8. The lowest BCUT2D eigenvalue weighted by Gasteiger charge is -2.50. The van der Waals surface area contributed by atoms with Gasteiger partial charge in [-0.2, -0.15) is 0 Å². The fourth-order valence-electron chi connectivity index (χ4n) is 3.71. The monoisotopic (exact) mass is 380 g/mol. The molecule has 8 heteroatoms. The minimum absolute atomic E-state index is 0.204. The van der Waals surface area contributed by atoms with Crippen molar-refractivity contribution in [1.82, 2.24) is 0 Å². The minimum Gasteiger partial charge on any atom is -0.463 e. The maximum atomic E-state index is 11.5. The molecule has 0 radical (unpaired) electrons. The van der Waals surface area contributed by atoms with E-state index in [2.05, 4.69) is 0 Å². The van der Waals surface area contributed by atoms with Gasteiger partial charge in [0, 0.05) is 12.5 Å². The van der Waals surface area contributed by atoms with E-state index in [1.165, 1.54) is 6.92 Å². The molecule has 27 heavy (non-hydrogen) atoms. The zero-order valence-corrected chi connectivity index (χ0v) is 15.3. The lowest BCUT2D eigenvalue weighted by molar-refractivity contribution is -0.367. The number of aliphatic hydroxyl groups is 1. The van der Waals surface area contributed by atoms with Crippen LogP contribution < -0.4 is 0 Å². The number of hydrogen-bond acceptors (Lipinski definition) is 8. The Morgan fingerprint density at radius 2 is 1.96 bits per heavy atom. The Labute approximate surface area is 157 Å². The van der Waals surface area contributed by atoms with Gasteiger partial charge in [-0.05, 0) is 6.42 Å². The molecule has 8 nitrogen and oxygen atoms in total. The van der Waals surface area contributed by atoms with Crippen LogP contribution >= 0.6 is 0 Å². The SMILES string of the molecule is CC[C@@H]1O[C@H]2O[C@@H]3COC(c4ccccc4)O[C@H]3[C@](O)(COC(C)=O)[C@H]2O1. The highest BCUT2D eigenvalue weighted by molar-refractivity contribution is 5.66. The Morgan fingerprint density at radius 1 is 1.19 bits per heavy atom. The van der Waals surface area contributed by atoms with Crippen molar-refractivity contribution < 1.29 is 38.3 Å². The number of hydrogen-bond donors (Lipinski definition) is 1. The van der Waals surface area contributed by atoms with Crippen LogP contribution in [0.15, 0.2) is 30.3 Å². The summed E-state index contributed by atoms with van der Waals surface area (Å²) < 4.78 is 34.5. The van der Waals surface area contributed by atoms with Gasteiger partial charge in [0.25, 0.3) is 0 Å². The Balaban J connectivity index is 1.61. The minimum atomic E-state index is -1.63. The van der Waals surface area contributed by atoms with Gasteiger partial charge in [0.1, 0.15) is 24.9 Å². The number of carbonyl (C=O) groups is 1. The molecule has 0 saturated carbocycles. The molecule has 0 amide bonds. The molecule has 0 aliphatic carbocycles. The molecule has 3 aliphatic rings. The summed E-state index contributed by atoms with van der Waals surface area (Å²) in [4.78, 5) is 11.4. The fraction of sp³-hybridized carbons (Fsp3) is 0.632. The van der Waals surface area contributed by atoms with E-state index >= 15 is 0 Å². The normalized spacial score (nSPS) is 40.9. The summed E-state index contributed by atoms with van der Waals surface area (Å²) in [5.41, 5.74) is -0.803. The van der Waals surface area contributed by atoms with Crippen LogP contribution in [-0.4, -0.2) is 60.8 Å². The summed E-state index contributed by atoms with van der Waals surface area (Å²) in [6.45, 7) is 3.12. The molecule has 1 aromatic rings. The van der Waals surface area contributed by atoms with E-state index in [9.17, 15) is 9.90 Å². The summed E-state index contributed by atoms with van der Waals surface area (Å²) in [5, 5.41) is 11.5. The van der Waals surface area contributed by atoms with Gasteiger partial charge >= 0.3 is 5.97 Å². The molecule has 0 spiro atoms. The van der Waals surface area contributed by atoms with Crippen LogP contribution in [0, 0.1) is 0 Å². The van der Waals surface area contributed by atoms with Crippen LogP contribution in [-0.2, 0) is 33.2 Å². The number of carbonyl (C=O) groups excluding carboxylic acids is 1. The summed E-state index contributed by atoms with van der Waals surface area (Å²) in [5.74, 6) is -0.499. The van der Waals surface area contributed by atoms with Gasteiger partial charge in [0.05, 0.1) is 6.61 Å². The summed E-state index contributed by atoms with van der Waals surface area (Å²) in [6, 6.07) is 9.42. The van der Waals surface area contributed by atoms with Crippen LogP contribution in [0.3, 0.4) is 0 Å². The lowest BCUT2D eigenvalue weighted by atomic mass is 9.84. The molecular formula is C19H24O8. The number of benzene rings is 1. The van der Waals surface area contributed by atoms with Gasteiger partial charge in [-0.15, -0.1) is 0 Å². The molecular weight excluding hydrogens is 356 g/mol. The molecule has 7 atom stereocenters. The van der Waals surface area contributed by atoms with Gasteiger partial charge in [0.15, 0.2) is 24.5 Å². The van der Waals surface area contributed by atoms with Crippen LogP contribution in [0.1, 0.15) is 32.1 Å². The topological polar surface area (TPSA) is 92.7 Å². The predicted molar refractivity (Wildman–Crippen MR) is 90.3 cm³/mol. The number of fused-ring (bicyclic) bond motifs is 2. The molecule has 1 N–H and O–H groups in total. The summed E-state index contributed by atoms with van der Waals surface area (Å²) in [6.07, 6.45) is -3.58. The smallest absolute Gasteiger partial charge is 0.302 e. The Bertz CT molecular complexity index is 667. The van der Waals surface area contributed by atoms with E-state index in [0.717, 1.165) is 5.56 Å². The molecule has 1 aromatic carbocycles. The van der Waals surface area contributed by atoms with Gasteiger partial charge < -0.3 is 33.5 Å². The molecule has 3 aliphatic heterocycles. The van der Waals surface area contributed by atoms with Crippen molar-refractivity contribution in [3.05, 3.63) is 35.9 Å². The molecule has 0 aromatic heterocycles. The Hall–Kier alpha value is -1.55. The van der Waals surface area contributed by atoms with Crippen molar-refractivity contribution in [2.45, 2.75) is 63.1 Å². The number of ether oxygens (including phenoxy) is 6. The van der Waals surface area contributed by atoms with Gasteiger partial charge in [-0.1, -0.05) is 37.3 Å². The largest absolute Gasteiger partial charge is 0.463 e. The molecule has 3 heterocycles. The van der Waals surface area contributed by atoms with Crippen molar-refractivity contribution in [1.29, 1.82) is 0 Å². The van der Waals surface area contributed by atoms with E-state index < -0.39 is 48.8 Å². The maximum Gasteiger partial charge on any atom is 0.302 e. The molecule has 3 saturated heterocycles. The average Bonchev–Trinajstić information content (AvgIpc) is 3.11. The van der Waals surface area contributed by atoms with Crippen molar-refractivity contribution in [3.8, 4) is 0 Å². The third-order valence-electron chi connectivity index (χ3n) is 5.06. The van der Waals surface area contributed by atoms with Gasteiger partial charge in [0.2, 0.25) is 0 Å². The standard InChI is InChI=1S/C19H24O8/c1-3-14-25-16-18(26-14)24-13-9-22-17(12-7-5-4-6-8-12)27-15(13)19(16,21)10-23-11(2)20/h4-8,13-18,21H,3,9-10H2,1-2H3/t13-,14+,15-,16+,17?,18-,19-/m1/s1. The second-order valence-corrected chi connectivity index (χ2v) is 6.98. The van der Waals surface area contributed by atoms with E-state index in [4.69, 9.17) is 28.4 Å². The first-order valence-corrected chi connectivity index (χ1v) is 9.15. The summed E-state index contributed by atoms with van der Waals surface area (Å²) in [7, 11) is 0. The Morgan fingerprint density at radius 3 is 2.67 bits per heavy atom. The van der Waals surface area contributed by atoms with Crippen LogP contribution in [0.2, 0.25) is 0 Å². The van der Waals surface area contributed by atoms with Gasteiger partial charge in [-0.25, -0.2) is 0 Å². The molecule has 3 fully saturated rings. The highest BCUT2D eigenvalue weighted by Crippen LogP contribution is 2.44. The zero-order chi connectivity index (χ0) is 19.0. The van der Waals surface area contributed by atoms with Crippen molar-refractivity contribution in [3.63, 3.8) is 0 Å². The second-order valence-electron chi connectivity index (χ2n) is 6.98. The highest BCUT2D eigenvalue weighted by Gasteiger charge is 2.63. The average molecular weight is 380 g/mol. The van der Waals surface area contributed by atoms with Crippen molar-refractivity contribution in [2.24, 2.45) is 0 Å². The lowest BCUT2D eigenvalue weighted by Crippen LogP contribution is -2.70. The third-order valence-corrected chi connectivity index (χ3v) is 5.06. The first kappa shape index (κ1) is 18.8. The molecule has 0 bridgehead atoms. The zero-order valence-electron chi connectivity index (χ0n) is 15.3. The van der Waals surface area contributed by atoms with E-state index in [-0.39, 0.29) is 13.2 Å². The first-order valence-electron chi connectivity index (χ1n) is 9.15. The number of esters is 1. The molecule has 4 rings (SSSR count). The van der Waals surface area contributed by atoms with Crippen LogP contribution in [0.4, 0.5) is 0 Å². The van der Waals surface area contributed by atoms with E-state index in [1.807, 2.05) is 37.3 Å². The second kappa shape index (κ2) is 7.46. The first-order chi connectivity index (χ1) is 13.0. The predicted octanol–water partition coefficient (Wildman–Crippen LogP) is 1.27. The van der Waals surface area contributed by atoms with Crippen LogP contribution in [0.5, 0.6) is 0 Å². The van der Waals surface area contributed by atoms with E-state index in [1.54, 1.807) is 0 Å². The fourth-order valence-corrected chi connectivity index (χ4v) is 3.71. The maximum absolute atomic E-state index is 11.5. The van der Waals surface area contributed by atoms with Gasteiger partial charge in [-0.3, -0.25) is 4.79 Å². The molecule has 1 unspecified atom stereocenters. The van der Waals surface area contributed by atoms with Crippen molar-refractivity contribution >= 4 is 5.97 Å². The van der Waals surface area contributed by atoms with E-state index in [0.29, 0.717) is 6.42 Å². The Kier molecular flexibility index (Phi) is 5.19. The van der Waals surface area contributed by atoms with Crippen LogP contribution in [0.25, 0.3) is 0 Å².